The van der Waals surface area contributed by atoms with E-state index < -0.39 is 6.10 Å². The molecule has 0 fully saturated rings. The van der Waals surface area contributed by atoms with E-state index in [1.807, 2.05) is 32.0 Å². The van der Waals surface area contributed by atoms with Crippen molar-refractivity contribution in [3.8, 4) is 0 Å². The molecule has 0 aliphatic carbocycles. The first kappa shape index (κ1) is 10.2. The highest BCUT2D eigenvalue weighted by Crippen LogP contribution is 2.21. The van der Waals surface area contributed by atoms with Crippen LogP contribution in [-0.4, -0.2) is 16.8 Å². The molecule has 0 saturated carbocycles. The van der Waals surface area contributed by atoms with E-state index in [0.717, 1.165) is 16.7 Å². The van der Waals surface area contributed by atoms with E-state index in [-0.39, 0.29) is 6.61 Å². The molecule has 2 N–H and O–H groups in total. The van der Waals surface area contributed by atoms with Gasteiger partial charge in [-0.3, -0.25) is 0 Å². The van der Waals surface area contributed by atoms with E-state index in [1.54, 1.807) is 0 Å². The van der Waals surface area contributed by atoms with E-state index in [2.05, 4.69) is 0 Å². The van der Waals surface area contributed by atoms with Crippen molar-refractivity contribution >= 4 is 0 Å². The van der Waals surface area contributed by atoms with Crippen LogP contribution in [0.25, 0.3) is 0 Å². The van der Waals surface area contributed by atoms with Gasteiger partial charge in [0.25, 0.3) is 0 Å². The molecular formula is C11H16O2. The normalized spacial score (nSPS) is 12.9. The maximum Gasteiger partial charge on any atom is 0.0814 e. The molecule has 13 heavy (non-hydrogen) atoms. The van der Waals surface area contributed by atoms with Gasteiger partial charge in [-0.15, -0.1) is 0 Å². The molecular weight excluding hydrogens is 164 g/mol. The van der Waals surface area contributed by atoms with Gasteiger partial charge in [0, 0.05) is 13.0 Å². The minimum atomic E-state index is -0.537. The Bertz CT molecular complexity index is 281. The highest BCUT2D eigenvalue weighted by Gasteiger charge is 2.09. The molecule has 2 heteroatoms. The molecule has 0 aliphatic heterocycles. The second-order valence-corrected chi connectivity index (χ2v) is 3.39. The lowest BCUT2D eigenvalue weighted by Gasteiger charge is -2.12. The Kier molecular flexibility index (Phi) is 3.46. The molecule has 0 heterocycles. The number of aryl methyl sites for hydroxylation is 2. The van der Waals surface area contributed by atoms with E-state index in [9.17, 15) is 5.11 Å². The number of hydrogen-bond acceptors (Lipinski definition) is 2. The molecule has 2 nitrogen and oxygen atoms in total. The van der Waals surface area contributed by atoms with Crippen molar-refractivity contribution < 1.29 is 10.2 Å². The monoisotopic (exact) mass is 180 g/mol. The predicted octanol–water partition coefficient (Wildman–Crippen LogP) is 1.72. The van der Waals surface area contributed by atoms with E-state index in [0.29, 0.717) is 6.42 Å². The molecule has 1 rings (SSSR count). The number of aliphatic hydroxyl groups excluding tert-OH is 2. The minimum absolute atomic E-state index is 0.0224. The second kappa shape index (κ2) is 4.40. The molecule has 0 bridgehead atoms. The number of benzene rings is 1. The third kappa shape index (κ3) is 2.54. The summed E-state index contributed by atoms with van der Waals surface area (Å²) in [5, 5.41) is 18.4. The Balaban J connectivity index is 2.91. The molecule has 1 aromatic carbocycles. The summed E-state index contributed by atoms with van der Waals surface area (Å²) in [6.45, 7) is 3.98. The molecule has 1 atom stereocenters. The molecule has 0 amide bonds. The Labute approximate surface area is 78.8 Å². The Morgan fingerprint density at radius 3 is 2.62 bits per heavy atom. The van der Waals surface area contributed by atoms with Crippen LogP contribution in [0.3, 0.4) is 0 Å². The quantitative estimate of drug-likeness (QED) is 0.743. The third-order valence-corrected chi connectivity index (χ3v) is 2.20. The van der Waals surface area contributed by atoms with Gasteiger partial charge in [0.15, 0.2) is 0 Å². The maximum atomic E-state index is 9.67. The summed E-state index contributed by atoms with van der Waals surface area (Å²) in [6, 6.07) is 5.98. The first-order chi connectivity index (χ1) is 6.15. The summed E-state index contributed by atoms with van der Waals surface area (Å²) in [5.74, 6) is 0. The Morgan fingerprint density at radius 2 is 2.00 bits per heavy atom. The fourth-order valence-corrected chi connectivity index (χ4v) is 1.40. The molecule has 0 saturated heterocycles. The molecule has 0 aromatic heterocycles. The van der Waals surface area contributed by atoms with Crippen molar-refractivity contribution in [1.82, 2.24) is 0 Å². The third-order valence-electron chi connectivity index (χ3n) is 2.20. The average Bonchev–Trinajstić information content (AvgIpc) is 2.09. The Morgan fingerprint density at radius 1 is 1.31 bits per heavy atom. The highest BCUT2D eigenvalue weighted by molar-refractivity contribution is 5.32. The summed E-state index contributed by atoms with van der Waals surface area (Å²) in [4.78, 5) is 0. The average molecular weight is 180 g/mol. The number of aliphatic hydroxyl groups is 2. The Hall–Kier alpha value is -0.860. The molecule has 72 valence electrons. The standard InChI is InChI=1S/C11H16O2/c1-8-3-4-9(2)10(7-8)11(13)5-6-12/h3-4,7,11-13H,5-6H2,1-2H3. The summed E-state index contributed by atoms with van der Waals surface area (Å²) in [6.07, 6.45) is -0.130. The lowest BCUT2D eigenvalue weighted by atomic mass is 9.99. The lowest BCUT2D eigenvalue weighted by Crippen LogP contribution is -2.02. The molecule has 0 radical (unpaired) electrons. The van der Waals surface area contributed by atoms with Crippen LogP contribution in [0.2, 0.25) is 0 Å². The van der Waals surface area contributed by atoms with Gasteiger partial charge in [-0.25, -0.2) is 0 Å². The molecule has 0 aliphatic rings. The van der Waals surface area contributed by atoms with E-state index in [1.165, 1.54) is 0 Å². The van der Waals surface area contributed by atoms with Crippen molar-refractivity contribution in [2.24, 2.45) is 0 Å². The van der Waals surface area contributed by atoms with Crippen LogP contribution < -0.4 is 0 Å². The SMILES string of the molecule is Cc1ccc(C)c(C(O)CCO)c1. The van der Waals surface area contributed by atoms with Crippen LogP contribution >= 0.6 is 0 Å². The highest BCUT2D eigenvalue weighted by atomic mass is 16.3. The largest absolute Gasteiger partial charge is 0.396 e. The van der Waals surface area contributed by atoms with Gasteiger partial charge in [-0.05, 0) is 25.0 Å². The first-order valence-electron chi connectivity index (χ1n) is 4.51. The summed E-state index contributed by atoms with van der Waals surface area (Å²) in [5.41, 5.74) is 3.14. The van der Waals surface area contributed by atoms with Crippen LogP contribution in [-0.2, 0) is 0 Å². The minimum Gasteiger partial charge on any atom is -0.396 e. The van der Waals surface area contributed by atoms with Crippen LogP contribution in [0.1, 0.15) is 29.2 Å². The predicted molar refractivity (Wildman–Crippen MR) is 52.6 cm³/mol. The van der Waals surface area contributed by atoms with Gasteiger partial charge >= 0.3 is 0 Å². The van der Waals surface area contributed by atoms with Crippen molar-refractivity contribution in [3.63, 3.8) is 0 Å². The second-order valence-electron chi connectivity index (χ2n) is 3.39. The van der Waals surface area contributed by atoms with Crippen molar-refractivity contribution in [3.05, 3.63) is 34.9 Å². The lowest BCUT2D eigenvalue weighted by molar-refractivity contribution is 0.134. The van der Waals surface area contributed by atoms with Gasteiger partial charge < -0.3 is 10.2 Å². The molecule has 0 spiro atoms. The zero-order chi connectivity index (χ0) is 9.84. The summed E-state index contributed by atoms with van der Waals surface area (Å²) < 4.78 is 0. The number of rotatable bonds is 3. The fourth-order valence-electron chi connectivity index (χ4n) is 1.40. The van der Waals surface area contributed by atoms with Gasteiger partial charge in [0.05, 0.1) is 6.10 Å². The number of hydrogen-bond donors (Lipinski definition) is 2. The zero-order valence-corrected chi connectivity index (χ0v) is 8.12. The van der Waals surface area contributed by atoms with Crippen LogP contribution in [0.4, 0.5) is 0 Å². The van der Waals surface area contributed by atoms with Crippen LogP contribution in [0.15, 0.2) is 18.2 Å². The first-order valence-corrected chi connectivity index (χ1v) is 4.51. The van der Waals surface area contributed by atoms with E-state index >= 15 is 0 Å². The fraction of sp³-hybridized carbons (Fsp3) is 0.455. The van der Waals surface area contributed by atoms with Gasteiger partial charge in [-0.1, -0.05) is 23.8 Å². The van der Waals surface area contributed by atoms with Crippen molar-refractivity contribution in [2.45, 2.75) is 26.4 Å². The van der Waals surface area contributed by atoms with Crippen LogP contribution in [0.5, 0.6) is 0 Å². The molecule has 1 unspecified atom stereocenters. The topological polar surface area (TPSA) is 40.5 Å². The smallest absolute Gasteiger partial charge is 0.0814 e. The van der Waals surface area contributed by atoms with Gasteiger partial charge in [0.1, 0.15) is 0 Å². The summed E-state index contributed by atoms with van der Waals surface area (Å²) in [7, 11) is 0. The van der Waals surface area contributed by atoms with Crippen molar-refractivity contribution in [1.29, 1.82) is 0 Å². The van der Waals surface area contributed by atoms with Gasteiger partial charge in [-0.2, -0.15) is 0 Å². The zero-order valence-electron chi connectivity index (χ0n) is 8.12. The van der Waals surface area contributed by atoms with Crippen molar-refractivity contribution in [2.75, 3.05) is 6.61 Å². The van der Waals surface area contributed by atoms with Crippen LogP contribution in [0, 0.1) is 13.8 Å². The maximum absolute atomic E-state index is 9.67. The van der Waals surface area contributed by atoms with Gasteiger partial charge in [0.2, 0.25) is 0 Å². The summed E-state index contributed by atoms with van der Waals surface area (Å²) >= 11 is 0. The molecule has 1 aromatic rings. The van der Waals surface area contributed by atoms with E-state index in [4.69, 9.17) is 5.11 Å².